The van der Waals surface area contributed by atoms with E-state index in [1.54, 1.807) is 0 Å². The van der Waals surface area contributed by atoms with E-state index in [9.17, 15) is 4.79 Å². The number of pyridine rings is 2. The van der Waals surface area contributed by atoms with Crippen molar-refractivity contribution < 1.29 is 0 Å². The molecule has 4 aromatic carbocycles. The molecular formula is C30H20N2O. The summed E-state index contributed by atoms with van der Waals surface area (Å²) in [5.41, 5.74) is 5.28. The van der Waals surface area contributed by atoms with Crippen LogP contribution in [0, 0.1) is 0 Å². The molecule has 6 aromatic rings. The lowest BCUT2D eigenvalue weighted by atomic mass is 9.99. The Kier molecular flexibility index (Phi) is 4.59. The fourth-order valence-electron chi connectivity index (χ4n) is 4.47. The molecule has 0 aliphatic carbocycles. The number of hydrogen-bond acceptors (Lipinski definition) is 2. The molecule has 33 heavy (non-hydrogen) atoms. The third kappa shape index (κ3) is 3.22. The van der Waals surface area contributed by atoms with Crippen molar-refractivity contribution in [2.24, 2.45) is 0 Å². The number of fused-ring (bicyclic) bond motifs is 3. The van der Waals surface area contributed by atoms with Gasteiger partial charge in [-0.1, -0.05) is 97.1 Å². The van der Waals surface area contributed by atoms with Gasteiger partial charge in [-0.3, -0.25) is 9.36 Å². The van der Waals surface area contributed by atoms with Gasteiger partial charge in [0.25, 0.3) is 5.56 Å². The summed E-state index contributed by atoms with van der Waals surface area (Å²) in [6.07, 6.45) is 0. The minimum Gasteiger partial charge on any atom is -0.274 e. The number of benzene rings is 4. The highest BCUT2D eigenvalue weighted by molar-refractivity contribution is 6.11. The summed E-state index contributed by atoms with van der Waals surface area (Å²) in [6.45, 7) is 0. The molecule has 0 aliphatic heterocycles. The Morgan fingerprint density at radius 2 is 1.09 bits per heavy atom. The molecule has 0 saturated heterocycles. The smallest absolute Gasteiger partial charge is 0.263 e. The minimum atomic E-state index is -0.0456. The molecule has 0 atom stereocenters. The first-order valence-corrected chi connectivity index (χ1v) is 11.0. The van der Waals surface area contributed by atoms with Crippen LogP contribution in [0.25, 0.3) is 49.9 Å². The first-order valence-electron chi connectivity index (χ1n) is 11.0. The van der Waals surface area contributed by atoms with Crippen molar-refractivity contribution in [3.63, 3.8) is 0 Å². The van der Waals surface area contributed by atoms with Crippen molar-refractivity contribution in [2.75, 3.05) is 0 Å². The SMILES string of the molecule is O=c1c2ccccc2c2cc(-c3ccccc3)nc(-c3ccccc3)c2n1-c1ccccc1. The number of hydrogen-bond donors (Lipinski definition) is 0. The van der Waals surface area contributed by atoms with E-state index in [0.717, 1.165) is 44.5 Å². The van der Waals surface area contributed by atoms with E-state index in [2.05, 4.69) is 18.2 Å². The molecule has 0 saturated carbocycles. The van der Waals surface area contributed by atoms with Crippen LogP contribution in [0.4, 0.5) is 0 Å². The molecule has 156 valence electrons. The monoisotopic (exact) mass is 424 g/mol. The van der Waals surface area contributed by atoms with Gasteiger partial charge in [0.1, 0.15) is 0 Å². The van der Waals surface area contributed by atoms with Crippen LogP contribution in [0.1, 0.15) is 0 Å². The lowest BCUT2D eigenvalue weighted by Gasteiger charge is -2.18. The zero-order valence-corrected chi connectivity index (χ0v) is 17.8. The Bertz CT molecular complexity index is 1650. The standard InChI is InChI=1S/C30H20N2O/c33-30-25-19-11-10-18-24(25)26-20-27(21-12-4-1-5-13-21)31-28(22-14-6-2-7-15-22)29(26)32(30)23-16-8-3-9-17-23/h1-20H. The lowest BCUT2D eigenvalue weighted by Crippen LogP contribution is -2.20. The van der Waals surface area contributed by atoms with Gasteiger partial charge >= 0.3 is 0 Å². The van der Waals surface area contributed by atoms with E-state index in [0.29, 0.717) is 5.39 Å². The third-order valence-electron chi connectivity index (χ3n) is 6.00. The fraction of sp³-hybridized carbons (Fsp3) is 0. The van der Waals surface area contributed by atoms with Crippen LogP contribution in [-0.2, 0) is 0 Å². The van der Waals surface area contributed by atoms with Crippen molar-refractivity contribution >= 4 is 21.7 Å². The molecular weight excluding hydrogens is 404 g/mol. The highest BCUT2D eigenvalue weighted by Crippen LogP contribution is 2.35. The summed E-state index contributed by atoms with van der Waals surface area (Å²) in [4.78, 5) is 18.9. The Balaban J connectivity index is 1.86. The summed E-state index contributed by atoms with van der Waals surface area (Å²) < 4.78 is 1.81. The molecule has 3 heteroatoms. The van der Waals surface area contributed by atoms with E-state index >= 15 is 0 Å². The van der Waals surface area contributed by atoms with Gasteiger partial charge in [-0.15, -0.1) is 0 Å². The third-order valence-corrected chi connectivity index (χ3v) is 6.00. The molecule has 2 aromatic heterocycles. The lowest BCUT2D eigenvalue weighted by molar-refractivity contribution is 1.05. The van der Waals surface area contributed by atoms with Crippen LogP contribution >= 0.6 is 0 Å². The van der Waals surface area contributed by atoms with Crippen molar-refractivity contribution in [1.29, 1.82) is 0 Å². The summed E-state index contributed by atoms with van der Waals surface area (Å²) in [5.74, 6) is 0. The summed E-state index contributed by atoms with van der Waals surface area (Å²) in [5, 5.41) is 2.63. The van der Waals surface area contributed by atoms with Crippen molar-refractivity contribution in [3.05, 3.63) is 132 Å². The minimum absolute atomic E-state index is 0.0456. The highest BCUT2D eigenvalue weighted by Gasteiger charge is 2.19. The number of para-hydroxylation sites is 1. The Morgan fingerprint density at radius 3 is 1.76 bits per heavy atom. The van der Waals surface area contributed by atoms with Gasteiger partial charge in [0.15, 0.2) is 0 Å². The molecule has 0 spiro atoms. The van der Waals surface area contributed by atoms with Gasteiger partial charge in [0, 0.05) is 27.6 Å². The summed E-state index contributed by atoms with van der Waals surface area (Å²) in [7, 11) is 0. The summed E-state index contributed by atoms with van der Waals surface area (Å²) >= 11 is 0. The number of aromatic nitrogens is 2. The van der Waals surface area contributed by atoms with Crippen LogP contribution in [0.3, 0.4) is 0 Å². The highest BCUT2D eigenvalue weighted by atomic mass is 16.1. The zero-order valence-electron chi connectivity index (χ0n) is 17.8. The van der Waals surface area contributed by atoms with Gasteiger partial charge in [-0.05, 0) is 29.7 Å². The number of nitrogens with zero attached hydrogens (tertiary/aromatic N) is 2. The van der Waals surface area contributed by atoms with Gasteiger partial charge in [0.05, 0.1) is 16.9 Å². The maximum absolute atomic E-state index is 13.8. The number of rotatable bonds is 3. The van der Waals surface area contributed by atoms with Gasteiger partial charge in [-0.25, -0.2) is 4.98 Å². The molecule has 0 unspecified atom stereocenters. The Hall–Kier alpha value is -4.50. The molecule has 0 radical (unpaired) electrons. The van der Waals surface area contributed by atoms with E-state index in [1.807, 2.05) is 108 Å². The second-order valence-corrected chi connectivity index (χ2v) is 8.01. The van der Waals surface area contributed by atoms with E-state index in [1.165, 1.54) is 0 Å². The first-order chi connectivity index (χ1) is 16.3. The predicted molar refractivity (Wildman–Crippen MR) is 136 cm³/mol. The van der Waals surface area contributed by atoms with Crippen LogP contribution < -0.4 is 5.56 Å². The molecule has 0 bridgehead atoms. The molecule has 3 nitrogen and oxygen atoms in total. The van der Waals surface area contributed by atoms with Crippen LogP contribution in [-0.4, -0.2) is 9.55 Å². The van der Waals surface area contributed by atoms with Crippen molar-refractivity contribution in [3.8, 4) is 28.2 Å². The van der Waals surface area contributed by atoms with Gasteiger partial charge in [-0.2, -0.15) is 0 Å². The first kappa shape index (κ1) is 19.2. The van der Waals surface area contributed by atoms with E-state index < -0.39 is 0 Å². The molecule has 0 N–H and O–H groups in total. The van der Waals surface area contributed by atoms with Gasteiger partial charge in [0.2, 0.25) is 0 Å². The van der Waals surface area contributed by atoms with Crippen LogP contribution in [0.2, 0.25) is 0 Å². The Labute approximate surface area is 191 Å². The second kappa shape index (κ2) is 7.88. The maximum atomic E-state index is 13.8. The maximum Gasteiger partial charge on any atom is 0.263 e. The molecule has 0 aliphatic rings. The van der Waals surface area contributed by atoms with E-state index in [-0.39, 0.29) is 5.56 Å². The summed E-state index contributed by atoms with van der Waals surface area (Å²) in [6, 6.07) is 40.0. The molecule has 0 amide bonds. The van der Waals surface area contributed by atoms with E-state index in [4.69, 9.17) is 4.98 Å². The average molecular weight is 425 g/mol. The largest absolute Gasteiger partial charge is 0.274 e. The second-order valence-electron chi connectivity index (χ2n) is 8.01. The molecule has 2 heterocycles. The fourth-order valence-corrected chi connectivity index (χ4v) is 4.47. The topological polar surface area (TPSA) is 34.9 Å². The van der Waals surface area contributed by atoms with Crippen LogP contribution in [0.5, 0.6) is 0 Å². The van der Waals surface area contributed by atoms with Gasteiger partial charge < -0.3 is 0 Å². The normalized spacial score (nSPS) is 11.2. The quantitative estimate of drug-likeness (QED) is 0.291. The van der Waals surface area contributed by atoms with Crippen molar-refractivity contribution in [1.82, 2.24) is 9.55 Å². The molecule has 6 rings (SSSR count). The van der Waals surface area contributed by atoms with Crippen LogP contribution in [0.15, 0.2) is 126 Å². The average Bonchev–Trinajstić information content (AvgIpc) is 2.90. The predicted octanol–water partition coefficient (Wildman–Crippen LogP) is 6.87. The van der Waals surface area contributed by atoms with Crippen molar-refractivity contribution in [2.45, 2.75) is 0 Å². The Morgan fingerprint density at radius 1 is 0.545 bits per heavy atom. The zero-order chi connectivity index (χ0) is 22.2. The molecule has 0 fully saturated rings.